The van der Waals surface area contributed by atoms with Crippen LogP contribution in [0, 0.1) is 0 Å². The third-order valence-corrected chi connectivity index (χ3v) is 2.92. The van der Waals surface area contributed by atoms with E-state index in [1.54, 1.807) is 19.5 Å². The van der Waals surface area contributed by atoms with Crippen molar-refractivity contribution in [1.82, 2.24) is 14.5 Å². The number of hydrogen-bond acceptors (Lipinski definition) is 3. The molecular formula is C12H16ClN3O. The lowest BCUT2D eigenvalue weighted by Crippen LogP contribution is -2.14. The highest BCUT2D eigenvalue weighted by Crippen LogP contribution is 2.21. The van der Waals surface area contributed by atoms with E-state index >= 15 is 0 Å². The van der Waals surface area contributed by atoms with Crippen molar-refractivity contribution in [1.29, 1.82) is 0 Å². The van der Waals surface area contributed by atoms with Gasteiger partial charge in [-0.15, -0.1) is 11.6 Å². The first kappa shape index (κ1) is 12.3. The summed E-state index contributed by atoms with van der Waals surface area (Å²) in [6, 6.07) is 2.22. The molecule has 0 radical (unpaired) electrons. The van der Waals surface area contributed by atoms with Gasteiger partial charge in [0.2, 0.25) is 0 Å². The van der Waals surface area contributed by atoms with Crippen LogP contribution in [-0.2, 0) is 11.2 Å². The van der Waals surface area contributed by atoms with Crippen LogP contribution >= 0.6 is 11.6 Å². The fraction of sp³-hybridized carbons (Fsp3) is 0.500. The van der Waals surface area contributed by atoms with Crippen LogP contribution in [0.25, 0.3) is 11.0 Å². The second-order valence-corrected chi connectivity index (χ2v) is 4.38. The molecule has 5 heteroatoms. The first-order chi connectivity index (χ1) is 8.27. The number of aryl methyl sites for hydroxylation is 1. The van der Waals surface area contributed by atoms with Gasteiger partial charge in [-0.05, 0) is 13.0 Å². The quantitative estimate of drug-likeness (QED) is 0.769. The van der Waals surface area contributed by atoms with Gasteiger partial charge < -0.3 is 9.30 Å². The molecule has 0 aliphatic heterocycles. The average Bonchev–Trinajstić information content (AvgIpc) is 2.67. The number of rotatable bonds is 5. The molecule has 1 unspecified atom stereocenters. The van der Waals surface area contributed by atoms with Crippen molar-refractivity contribution in [3.63, 3.8) is 0 Å². The van der Waals surface area contributed by atoms with E-state index in [1.807, 2.05) is 6.07 Å². The molecule has 0 saturated heterocycles. The SMILES string of the molecule is COCC(C)n1c(CCCl)nc2cnccc21. The van der Waals surface area contributed by atoms with Crippen molar-refractivity contribution < 1.29 is 4.74 Å². The minimum atomic E-state index is 0.241. The maximum Gasteiger partial charge on any atom is 0.111 e. The third-order valence-electron chi connectivity index (χ3n) is 2.73. The fourth-order valence-electron chi connectivity index (χ4n) is 2.07. The lowest BCUT2D eigenvalue weighted by atomic mass is 10.3. The molecular weight excluding hydrogens is 238 g/mol. The van der Waals surface area contributed by atoms with Gasteiger partial charge in [-0.3, -0.25) is 4.98 Å². The predicted octanol–water partition coefficient (Wildman–Crippen LogP) is 2.42. The first-order valence-electron chi connectivity index (χ1n) is 5.63. The van der Waals surface area contributed by atoms with Crippen molar-refractivity contribution in [3.05, 3.63) is 24.3 Å². The van der Waals surface area contributed by atoms with Crippen LogP contribution < -0.4 is 0 Å². The highest BCUT2D eigenvalue weighted by atomic mass is 35.5. The van der Waals surface area contributed by atoms with Gasteiger partial charge in [0.05, 0.1) is 24.4 Å². The number of imidazole rings is 1. The Bertz CT molecular complexity index is 497. The second kappa shape index (κ2) is 5.47. The zero-order valence-electron chi connectivity index (χ0n) is 10.1. The number of ether oxygens (including phenoxy) is 1. The Hall–Kier alpha value is -1.13. The molecule has 2 aromatic heterocycles. The Kier molecular flexibility index (Phi) is 3.97. The monoisotopic (exact) mass is 253 g/mol. The molecule has 0 aliphatic rings. The molecule has 0 N–H and O–H groups in total. The molecule has 0 aromatic carbocycles. The number of aromatic nitrogens is 3. The van der Waals surface area contributed by atoms with Gasteiger partial charge in [-0.1, -0.05) is 0 Å². The zero-order chi connectivity index (χ0) is 12.3. The number of pyridine rings is 1. The van der Waals surface area contributed by atoms with E-state index in [1.165, 1.54) is 0 Å². The van der Waals surface area contributed by atoms with Gasteiger partial charge >= 0.3 is 0 Å². The van der Waals surface area contributed by atoms with Gasteiger partial charge in [-0.2, -0.15) is 0 Å². The molecule has 17 heavy (non-hydrogen) atoms. The molecule has 2 heterocycles. The Morgan fingerprint density at radius 1 is 1.53 bits per heavy atom. The van der Waals surface area contributed by atoms with Gasteiger partial charge in [0, 0.05) is 25.6 Å². The number of alkyl halides is 1. The topological polar surface area (TPSA) is 39.9 Å². The molecule has 1 atom stereocenters. The standard InChI is InChI=1S/C12H16ClN3O/c1-9(8-17-2)16-11-4-6-14-7-10(11)15-12(16)3-5-13/h4,6-7,9H,3,5,8H2,1-2H3. The third kappa shape index (κ3) is 2.42. The highest BCUT2D eigenvalue weighted by molar-refractivity contribution is 6.17. The van der Waals surface area contributed by atoms with Crippen LogP contribution in [0.2, 0.25) is 0 Å². The van der Waals surface area contributed by atoms with Crippen molar-refractivity contribution in [2.75, 3.05) is 19.6 Å². The van der Waals surface area contributed by atoms with Crippen LogP contribution in [0.3, 0.4) is 0 Å². The van der Waals surface area contributed by atoms with Crippen LogP contribution in [0.1, 0.15) is 18.8 Å². The second-order valence-electron chi connectivity index (χ2n) is 4.01. The Morgan fingerprint density at radius 3 is 3.06 bits per heavy atom. The number of methoxy groups -OCH3 is 1. The summed E-state index contributed by atoms with van der Waals surface area (Å²) in [4.78, 5) is 8.66. The highest BCUT2D eigenvalue weighted by Gasteiger charge is 2.15. The van der Waals surface area contributed by atoms with Gasteiger partial charge in [-0.25, -0.2) is 4.98 Å². The summed E-state index contributed by atoms with van der Waals surface area (Å²) in [5.74, 6) is 1.56. The number of hydrogen-bond donors (Lipinski definition) is 0. The van der Waals surface area contributed by atoms with E-state index in [0.29, 0.717) is 12.5 Å². The molecule has 4 nitrogen and oxygen atoms in total. The summed E-state index contributed by atoms with van der Waals surface area (Å²) in [5, 5.41) is 0. The summed E-state index contributed by atoms with van der Waals surface area (Å²) in [7, 11) is 1.71. The molecule has 0 bridgehead atoms. The van der Waals surface area contributed by atoms with Crippen LogP contribution in [-0.4, -0.2) is 34.1 Å². The van der Waals surface area contributed by atoms with E-state index in [2.05, 4.69) is 21.5 Å². The number of halogens is 1. The van der Waals surface area contributed by atoms with E-state index < -0.39 is 0 Å². The Labute approximate surface area is 106 Å². The van der Waals surface area contributed by atoms with Crippen molar-refractivity contribution in [3.8, 4) is 0 Å². The smallest absolute Gasteiger partial charge is 0.111 e. The van der Waals surface area contributed by atoms with E-state index in [0.717, 1.165) is 23.3 Å². The maximum atomic E-state index is 5.82. The lowest BCUT2D eigenvalue weighted by molar-refractivity contribution is 0.162. The Balaban J connectivity index is 2.51. The summed E-state index contributed by atoms with van der Waals surface area (Å²) < 4.78 is 7.40. The minimum Gasteiger partial charge on any atom is -0.383 e. The lowest BCUT2D eigenvalue weighted by Gasteiger charge is -2.16. The van der Waals surface area contributed by atoms with Crippen LogP contribution in [0.15, 0.2) is 18.5 Å². The van der Waals surface area contributed by atoms with Gasteiger partial charge in [0.25, 0.3) is 0 Å². The minimum absolute atomic E-state index is 0.241. The molecule has 0 saturated carbocycles. The van der Waals surface area contributed by atoms with Gasteiger partial charge in [0.15, 0.2) is 0 Å². The summed E-state index contributed by atoms with van der Waals surface area (Å²) in [6.07, 6.45) is 4.32. The van der Waals surface area contributed by atoms with Crippen LogP contribution in [0.5, 0.6) is 0 Å². The van der Waals surface area contributed by atoms with E-state index in [-0.39, 0.29) is 6.04 Å². The zero-order valence-corrected chi connectivity index (χ0v) is 10.8. The van der Waals surface area contributed by atoms with E-state index in [4.69, 9.17) is 16.3 Å². The predicted molar refractivity (Wildman–Crippen MR) is 68.5 cm³/mol. The number of nitrogens with zero attached hydrogens (tertiary/aromatic N) is 3. The largest absolute Gasteiger partial charge is 0.383 e. The summed E-state index contributed by atoms with van der Waals surface area (Å²) in [6.45, 7) is 2.77. The van der Waals surface area contributed by atoms with E-state index in [9.17, 15) is 0 Å². The molecule has 0 fully saturated rings. The molecule has 2 aromatic rings. The summed E-state index contributed by atoms with van der Waals surface area (Å²) >= 11 is 5.82. The maximum absolute atomic E-state index is 5.82. The van der Waals surface area contributed by atoms with Crippen molar-refractivity contribution >= 4 is 22.6 Å². The first-order valence-corrected chi connectivity index (χ1v) is 6.17. The van der Waals surface area contributed by atoms with Crippen LogP contribution in [0.4, 0.5) is 0 Å². The average molecular weight is 254 g/mol. The molecule has 0 spiro atoms. The fourth-order valence-corrected chi connectivity index (χ4v) is 2.24. The number of fused-ring (bicyclic) bond motifs is 1. The van der Waals surface area contributed by atoms with Crippen molar-refractivity contribution in [2.24, 2.45) is 0 Å². The molecule has 0 amide bonds. The summed E-state index contributed by atoms with van der Waals surface area (Å²) in [5.41, 5.74) is 2.00. The molecule has 2 rings (SSSR count). The van der Waals surface area contributed by atoms with Gasteiger partial charge in [0.1, 0.15) is 11.3 Å². The van der Waals surface area contributed by atoms with Crippen molar-refractivity contribution in [2.45, 2.75) is 19.4 Å². The molecule has 92 valence electrons. The Morgan fingerprint density at radius 2 is 2.35 bits per heavy atom. The normalized spacial score (nSPS) is 13.1. The molecule has 0 aliphatic carbocycles.